The van der Waals surface area contributed by atoms with Crippen LogP contribution >= 0.6 is 0 Å². The number of anilines is 1. The molecule has 5 rings (SSSR count). The van der Waals surface area contributed by atoms with Crippen molar-refractivity contribution in [1.82, 2.24) is 24.8 Å². The van der Waals surface area contributed by atoms with Crippen LogP contribution in [0.5, 0.6) is 0 Å². The van der Waals surface area contributed by atoms with E-state index in [0.717, 1.165) is 41.9 Å². The van der Waals surface area contributed by atoms with E-state index in [1.165, 1.54) is 42.4 Å². The number of aromatic nitrogens is 4. The summed E-state index contributed by atoms with van der Waals surface area (Å²) in [7, 11) is 0. The van der Waals surface area contributed by atoms with Gasteiger partial charge in [0.2, 0.25) is 0 Å². The molecule has 0 saturated heterocycles. The van der Waals surface area contributed by atoms with Crippen LogP contribution in [0.25, 0.3) is 11.0 Å². The summed E-state index contributed by atoms with van der Waals surface area (Å²) in [6.07, 6.45) is 10.1. The molecule has 1 fully saturated rings. The first-order chi connectivity index (χ1) is 18.0. The number of hydrogen-bond acceptors (Lipinski definition) is 6. The summed E-state index contributed by atoms with van der Waals surface area (Å²) in [6, 6.07) is 9.32. The van der Waals surface area contributed by atoms with E-state index in [4.69, 9.17) is 4.98 Å². The Bertz CT molecular complexity index is 1500. The fraction of sp³-hybridized carbons (Fsp3) is 0.296. The third kappa shape index (κ3) is 5.79. The standard InChI is InChI=1S/C27H26F2N6O2/c28-21-8-6-18(10-22(21)29)15-35-16-30-13-20(27(35)37)26(36)32-12-17-7-9-23-24(11-17)34-25(14-31-23)33-19-4-2-1-3-5-19/h6-11,13-14,16,19H,1-5,12,15H2,(H,32,36)(H,33,34). The van der Waals surface area contributed by atoms with Crippen molar-refractivity contribution < 1.29 is 13.6 Å². The van der Waals surface area contributed by atoms with Crippen molar-refractivity contribution in [2.24, 2.45) is 0 Å². The summed E-state index contributed by atoms with van der Waals surface area (Å²) in [5, 5.41) is 6.22. The zero-order chi connectivity index (χ0) is 25.8. The number of carbonyl (C=O) groups excluding carboxylic acids is 1. The molecular weight excluding hydrogens is 478 g/mol. The number of nitrogens with one attached hydrogen (secondary N) is 2. The Labute approximate surface area is 211 Å². The molecular formula is C27H26F2N6O2. The minimum absolute atomic E-state index is 0.0509. The van der Waals surface area contributed by atoms with E-state index in [9.17, 15) is 18.4 Å². The van der Waals surface area contributed by atoms with Crippen molar-refractivity contribution in [2.75, 3.05) is 5.32 Å². The molecule has 2 N–H and O–H groups in total. The van der Waals surface area contributed by atoms with Crippen molar-refractivity contribution in [3.05, 3.63) is 93.8 Å². The minimum atomic E-state index is -1.01. The van der Waals surface area contributed by atoms with Gasteiger partial charge in [0, 0.05) is 18.8 Å². The molecule has 2 aromatic carbocycles. The lowest BCUT2D eigenvalue weighted by Gasteiger charge is -2.23. The molecule has 0 atom stereocenters. The number of benzene rings is 2. The SMILES string of the molecule is O=C(NCc1ccc2ncc(NC3CCCCC3)nc2c1)c1cncn(Cc2ccc(F)c(F)c2)c1=O. The van der Waals surface area contributed by atoms with Crippen molar-refractivity contribution in [2.45, 2.75) is 51.2 Å². The van der Waals surface area contributed by atoms with Crippen molar-refractivity contribution >= 4 is 22.8 Å². The number of carbonyl (C=O) groups is 1. The maximum Gasteiger partial charge on any atom is 0.266 e. The van der Waals surface area contributed by atoms with Gasteiger partial charge in [-0.3, -0.25) is 19.1 Å². The summed E-state index contributed by atoms with van der Waals surface area (Å²) in [6.45, 7) is 0.124. The number of hydrogen-bond donors (Lipinski definition) is 2. The Kier molecular flexibility index (Phi) is 7.16. The molecule has 4 aromatic rings. The zero-order valence-corrected chi connectivity index (χ0v) is 20.1. The predicted molar refractivity (Wildman–Crippen MR) is 135 cm³/mol. The van der Waals surface area contributed by atoms with Gasteiger partial charge in [0.25, 0.3) is 11.5 Å². The largest absolute Gasteiger partial charge is 0.366 e. The van der Waals surface area contributed by atoms with Crippen LogP contribution in [0.4, 0.5) is 14.6 Å². The number of amides is 1. The fourth-order valence-corrected chi connectivity index (χ4v) is 4.52. The molecule has 2 heterocycles. The third-order valence-electron chi connectivity index (χ3n) is 6.50. The molecule has 10 heteroatoms. The summed E-state index contributed by atoms with van der Waals surface area (Å²) in [4.78, 5) is 38.7. The lowest BCUT2D eigenvalue weighted by atomic mass is 9.95. The number of halogens is 2. The quantitative estimate of drug-likeness (QED) is 0.391. The second-order valence-corrected chi connectivity index (χ2v) is 9.23. The van der Waals surface area contributed by atoms with Crippen LogP contribution in [0.3, 0.4) is 0 Å². The molecule has 37 heavy (non-hydrogen) atoms. The van der Waals surface area contributed by atoms with E-state index in [-0.39, 0.29) is 18.7 Å². The summed E-state index contributed by atoms with van der Waals surface area (Å²) < 4.78 is 27.9. The van der Waals surface area contributed by atoms with Gasteiger partial charge in [0.1, 0.15) is 11.4 Å². The normalized spacial score (nSPS) is 14.0. The van der Waals surface area contributed by atoms with Gasteiger partial charge in [-0.05, 0) is 48.2 Å². The number of rotatable bonds is 7. The number of nitrogens with zero attached hydrogens (tertiary/aromatic N) is 4. The van der Waals surface area contributed by atoms with Gasteiger partial charge in [-0.2, -0.15) is 0 Å². The first-order valence-electron chi connectivity index (χ1n) is 12.2. The number of fused-ring (bicyclic) bond motifs is 1. The van der Waals surface area contributed by atoms with Crippen LogP contribution in [0.1, 0.15) is 53.6 Å². The molecule has 8 nitrogen and oxygen atoms in total. The minimum Gasteiger partial charge on any atom is -0.366 e. The van der Waals surface area contributed by atoms with Crippen LogP contribution < -0.4 is 16.2 Å². The molecule has 0 aliphatic heterocycles. The highest BCUT2D eigenvalue weighted by Crippen LogP contribution is 2.22. The topological polar surface area (TPSA) is 102 Å². The second-order valence-electron chi connectivity index (χ2n) is 9.23. The highest BCUT2D eigenvalue weighted by molar-refractivity contribution is 5.93. The third-order valence-corrected chi connectivity index (χ3v) is 6.50. The van der Waals surface area contributed by atoms with Gasteiger partial charge >= 0.3 is 0 Å². The zero-order valence-electron chi connectivity index (χ0n) is 20.1. The predicted octanol–water partition coefficient (Wildman–Crippen LogP) is 4.19. The van der Waals surface area contributed by atoms with Gasteiger partial charge in [-0.1, -0.05) is 31.4 Å². The lowest BCUT2D eigenvalue weighted by molar-refractivity contribution is 0.0948. The van der Waals surface area contributed by atoms with E-state index in [1.54, 1.807) is 6.20 Å². The average Bonchev–Trinajstić information content (AvgIpc) is 2.91. The fourth-order valence-electron chi connectivity index (χ4n) is 4.52. The van der Waals surface area contributed by atoms with Crippen LogP contribution in [0, 0.1) is 11.6 Å². The van der Waals surface area contributed by atoms with Crippen LogP contribution in [0.2, 0.25) is 0 Å². The molecule has 0 radical (unpaired) electrons. The Balaban J connectivity index is 1.27. The van der Waals surface area contributed by atoms with Gasteiger partial charge in [0.15, 0.2) is 11.6 Å². The molecule has 1 aliphatic rings. The molecule has 1 saturated carbocycles. The molecule has 0 bridgehead atoms. The van der Waals surface area contributed by atoms with Crippen molar-refractivity contribution in [3.63, 3.8) is 0 Å². The lowest BCUT2D eigenvalue weighted by Crippen LogP contribution is -2.33. The van der Waals surface area contributed by atoms with Gasteiger partial charge in [-0.15, -0.1) is 0 Å². The first-order valence-corrected chi connectivity index (χ1v) is 12.2. The Morgan fingerprint density at radius 3 is 2.59 bits per heavy atom. The first kappa shape index (κ1) is 24.5. The Morgan fingerprint density at radius 1 is 0.973 bits per heavy atom. The average molecular weight is 505 g/mol. The molecule has 0 spiro atoms. The maximum atomic E-state index is 13.5. The highest BCUT2D eigenvalue weighted by atomic mass is 19.2. The Hall–Kier alpha value is -4.21. The van der Waals surface area contributed by atoms with E-state index >= 15 is 0 Å². The second kappa shape index (κ2) is 10.8. The van der Waals surface area contributed by atoms with Gasteiger partial charge in [0.05, 0.1) is 30.1 Å². The smallest absolute Gasteiger partial charge is 0.266 e. The van der Waals surface area contributed by atoms with E-state index in [2.05, 4.69) is 20.6 Å². The monoisotopic (exact) mass is 504 g/mol. The molecule has 1 aliphatic carbocycles. The highest BCUT2D eigenvalue weighted by Gasteiger charge is 2.15. The van der Waals surface area contributed by atoms with Gasteiger partial charge < -0.3 is 10.6 Å². The van der Waals surface area contributed by atoms with Crippen molar-refractivity contribution in [3.8, 4) is 0 Å². The summed E-state index contributed by atoms with van der Waals surface area (Å²) in [5.74, 6) is -1.84. The van der Waals surface area contributed by atoms with E-state index in [0.29, 0.717) is 17.1 Å². The van der Waals surface area contributed by atoms with Crippen LogP contribution in [-0.2, 0) is 13.1 Å². The van der Waals surface area contributed by atoms with Gasteiger partial charge in [-0.25, -0.2) is 18.7 Å². The molecule has 190 valence electrons. The van der Waals surface area contributed by atoms with Crippen molar-refractivity contribution in [1.29, 1.82) is 0 Å². The summed E-state index contributed by atoms with van der Waals surface area (Å²) in [5.41, 5.74) is 1.90. The molecule has 0 unspecified atom stereocenters. The maximum absolute atomic E-state index is 13.5. The Morgan fingerprint density at radius 2 is 1.78 bits per heavy atom. The molecule has 1 amide bonds. The van der Waals surface area contributed by atoms with Crippen LogP contribution in [-0.4, -0.2) is 31.5 Å². The van der Waals surface area contributed by atoms with E-state index in [1.807, 2.05) is 18.2 Å². The summed E-state index contributed by atoms with van der Waals surface area (Å²) >= 11 is 0. The van der Waals surface area contributed by atoms with E-state index < -0.39 is 23.1 Å². The van der Waals surface area contributed by atoms with Crippen LogP contribution in [0.15, 0.2) is 59.9 Å². The molecule has 2 aromatic heterocycles.